The molecular formula is C15H14O2S2. The summed E-state index contributed by atoms with van der Waals surface area (Å²) in [6.07, 6.45) is 3.88. The van der Waals surface area contributed by atoms with Crippen molar-refractivity contribution < 1.29 is 9.53 Å². The fourth-order valence-corrected chi connectivity index (χ4v) is 3.51. The quantitative estimate of drug-likeness (QED) is 0.762. The molecule has 0 aliphatic carbocycles. The minimum absolute atomic E-state index is 0.245. The molecule has 0 aromatic heterocycles. The molecule has 0 amide bonds. The fraction of sp³-hybridized carbons (Fsp3) is 0.133. The van der Waals surface area contributed by atoms with Crippen LogP contribution in [0.2, 0.25) is 0 Å². The van der Waals surface area contributed by atoms with Crippen LogP contribution in [-0.4, -0.2) is 12.6 Å². The second-order valence-electron chi connectivity index (χ2n) is 3.76. The molecule has 0 atom stereocenters. The molecule has 0 radical (unpaired) electrons. The van der Waals surface area contributed by atoms with Crippen LogP contribution >= 0.6 is 23.5 Å². The summed E-state index contributed by atoms with van der Waals surface area (Å²) in [4.78, 5) is 12.2. The van der Waals surface area contributed by atoms with Gasteiger partial charge in [-0.05, 0) is 29.5 Å². The van der Waals surface area contributed by atoms with Crippen molar-refractivity contribution in [2.75, 3.05) is 6.61 Å². The number of hydrogen-bond donors (Lipinski definition) is 0. The highest BCUT2D eigenvalue weighted by atomic mass is 32.2. The van der Waals surface area contributed by atoms with Gasteiger partial charge in [-0.15, -0.1) is 0 Å². The molecule has 1 aromatic rings. The van der Waals surface area contributed by atoms with Crippen LogP contribution in [0.1, 0.15) is 18.1 Å². The first-order valence-electron chi connectivity index (χ1n) is 5.89. The number of ether oxygens (including phenoxy) is 1. The van der Waals surface area contributed by atoms with Gasteiger partial charge in [-0.3, -0.25) is 0 Å². The SMILES string of the molecule is C=Cc1ccc(/C=C2/SC=C(C(=O)OCC)S2)cc1. The lowest BCUT2D eigenvalue weighted by atomic mass is 10.1. The van der Waals surface area contributed by atoms with Gasteiger partial charge in [0.05, 0.1) is 10.8 Å². The number of hydrogen-bond acceptors (Lipinski definition) is 4. The lowest BCUT2D eigenvalue weighted by Gasteiger charge is -2.01. The lowest BCUT2D eigenvalue weighted by Crippen LogP contribution is -2.03. The van der Waals surface area contributed by atoms with Crippen molar-refractivity contribution in [1.82, 2.24) is 0 Å². The zero-order chi connectivity index (χ0) is 13.7. The number of carbonyl (C=O) groups is 1. The summed E-state index contributed by atoms with van der Waals surface area (Å²) in [6, 6.07) is 8.10. The highest BCUT2D eigenvalue weighted by Gasteiger charge is 2.19. The summed E-state index contributed by atoms with van der Waals surface area (Å²) in [6.45, 7) is 5.94. The van der Waals surface area contributed by atoms with Gasteiger partial charge < -0.3 is 4.74 Å². The van der Waals surface area contributed by atoms with Gasteiger partial charge in [0.25, 0.3) is 0 Å². The zero-order valence-electron chi connectivity index (χ0n) is 10.6. The van der Waals surface area contributed by atoms with Crippen LogP contribution in [0.3, 0.4) is 0 Å². The van der Waals surface area contributed by atoms with Gasteiger partial charge in [-0.2, -0.15) is 0 Å². The number of thioether (sulfide) groups is 2. The molecular weight excluding hydrogens is 276 g/mol. The second kappa shape index (κ2) is 6.68. The van der Waals surface area contributed by atoms with Crippen LogP contribution in [0.15, 0.2) is 45.4 Å². The molecule has 98 valence electrons. The molecule has 1 aliphatic heterocycles. The van der Waals surface area contributed by atoms with Crippen molar-refractivity contribution in [2.24, 2.45) is 0 Å². The fourth-order valence-electron chi connectivity index (χ4n) is 1.49. The molecule has 1 aliphatic rings. The Morgan fingerprint density at radius 3 is 2.63 bits per heavy atom. The summed E-state index contributed by atoms with van der Waals surface area (Å²) in [7, 11) is 0. The molecule has 19 heavy (non-hydrogen) atoms. The van der Waals surface area contributed by atoms with E-state index in [0.29, 0.717) is 11.5 Å². The summed E-state index contributed by atoms with van der Waals surface area (Å²) in [5.74, 6) is -0.245. The monoisotopic (exact) mass is 290 g/mol. The standard InChI is InChI=1S/C15H14O2S2/c1-3-11-5-7-12(8-6-11)9-14-18-10-13(19-14)15(16)17-4-2/h3,5-10H,1,4H2,2H3/b14-9-. The van der Waals surface area contributed by atoms with Gasteiger partial charge in [0.1, 0.15) is 4.91 Å². The summed E-state index contributed by atoms with van der Waals surface area (Å²) >= 11 is 3.00. The predicted molar refractivity (Wildman–Crippen MR) is 84.4 cm³/mol. The topological polar surface area (TPSA) is 26.3 Å². The molecule has 0 bridgehead atoms. The minimum atomic E-state index is -0.245. The van der Waals surface area contributed by atoms with Gasteiger partial charge >= 0.3 is 5.97 Å². The van der Waals surface area contributed by atoms with Crippen molar-refractivity contribution in [2.45, 2.75) is 6.92 Å². The minimum Gasteiger partial charge on any atom is -0.462 e. The Kier molecular flexibility index (Phi) is 4.93. The second-order valence-corrected chi connectivity index (χ2v) is 6.01. The van der Waals surface area contributed by atoms with Crippen LogP contribution in [0, 0.1) is 0 Å². The number of benzene rings is 1. The normalized spacial score (nSPS) is 16.3. The molecule has 2 rings (SSSR count). The van der Waals surface area contributed by atoms with Crippen LogP contribution in [0.4, 0.5) is 0 Å². The maximum absolute atomic E-state index is 11.6. The summed E-state index contributed by atoms with van der Waals surface area (Å²) in [5.41, 5.74) is 2.21. The van der Waals surface area contributed by atoms with Crippen molar-refractivity contribution in [3.63, 3.8) is 0 Å². The average molecular weight is 290 g/mol. The van der Waals surface area contributed by atoms with E-state index >= 15 is 0 Å². The highest BCUT2D eigenvalue weighted by Crippen LogP contribution is 2.44. The van der Waals surface area contributed by atoms with Gasteiger partial charge in [0, 0.05) is 0 Å². The molecule has 1 aromatic carbocycles. The molecule has 0 saturated heterocycles. The van der Waals surface area contributed by atoms with Crippen molar-refractivity contribution >= 4 is 41.6 Å². The zero-order valence-corrected chi connectivity index (χ0v) is 12.2. The first-order valence-corrected chi connectivity index (χ1v) is 7.58. The Balaban J connectivity index is 2.03. The number of esters is 1. The number of rotatable bonds is 4. The number of carbonyl (C=O) groups excluding carboxylic acids is 1. The Morgan fingerprint density at radius 2 is 2.00 bits per heavy atom. The van der Waals surface area contributed by atoms with Crippen LogP contribution in [0.25, 0.3) is 12.2 Å². The highest BCUT2D eigenvalue weighted by molar-refractivity contribution is 8.28. The molecule has 0 spiro atoms. The van der Waals surface area contributed by atoms with Gasteiger partial charge in [-0.1, -0.05) is 60.4 Å². The van der Waals surface area contributed by atoms with Gasteiger partial charge in [0.15, 0.2) is 0 Å². The third-order valence-corrected chi connectivity index (χ3v) is 4.64. The van der Waals surface area contributed by atoms with E-state index in [2.05, 4.69) is 12.7 Å². The molecule has 0 saturated carbocycles. The maximum atomic E-state index is 11.6. The van der Waals surface area contributed by atoms with E-state index in [0.717, 1.165) is 15.4 Å². The lowest BCUT2D eigenvalue weighted by molar-refractivity contribution is -0.137. The van der Waals surface area contributed by atoms with E-state index < -0.39 is 0 Å². The summed E-state index contributed by atoms with van der Waals surface area (Å²) < 4.78 is 6.05. The Hall–Kier alpha value is -1.39. The molecule has 2 nitrogen and oxygen atoms in total. The average Bonchev–Trinajstić information content (AvgIpc) is 2.88. The Bertz CT molecular complexity index is 542. The largest absolute Gasteiger partial charge is 0.462 e. The van der Waals surface area contributed by atoms with Gasteiger partial charge in [0.2, 0.25) is 0 Å². The van der Waals surface area contributed by atoms with E-state index in [1.54, 1.807) is 11.8 Å². The molecule has 1 heterocycles. The predicted octanol–water partition coefficient (Wildman–Crippen LogP) is 4.51. The van der Waals surface area contributed by atoms with Gasteiger partial charge in [-0.25, -0.2) is 4.79 Å². The first kappa shape index (κ1) is 14.0. The molecule has 0 N–H and O–H groups in total. The molecule has 0 unspecified atom stereocenters. The molecule has 4 heteroatoms. The van der Waals surface area contributed by atoms with Crippen LogP contribution in [0.5, 0.6) is 0 Å². The Morgan fingerprint density at radius 1 is 1.32 bits per heavy atom. The first-order chi connectivity index (χ1) is 9.22. The van der Waals surface area contributed by atoms with E-state index in [4.69, 9.17) is 4.74 Å². The molecule has 0 fully saturated rings. The van der Waals surface area contributed by atoms with E-state index in [1.807, 2.05) is 42.7 Å². The smallest absolute Gasteiger partial charge is 0.345 e. The van der Waals surface area contributed by atoms with Crippen molar-refractivity contribution in [3.8, 4) is 0 Å². The third kappa shape index (κ3) is 3.78. The summed E-state index contributed by atoms with van der Waals surface area (Å²) in [5, 5.41) is 1.84. The van der Waals surface area contributed by atoms with Crippen molar-refractivity contribution in [1.29, 1.82) is 0 Å². The van der Waals surface area contributed by atoms with Crippen molar-refractivity contribution in [3.05, 3.63) is 56.5 Å². The maximum Gasteiger partial charge on any atom is 0.345 e. The van der Waals surface area contributed by atoms with E-state index in [9.17, 15) is 4.79 Å². The van der Waals surface area contributed by atoms with Crippen LogP contribution < -0.4 is 0 Å². The van der Waals surface area contributed by atoms with E-state index in [-0.39, 0.29) is 5.97 Å². The van der Waals surface area contributed by atoms with Crippen LogP contribution in [-0.2, 0) is 9.53 Å². The third-order valence-electron chi connectivity index (χ3n) is 2.43. The van der Waals surface area contributed by atoms with E-state index in [1.165, 1.54) is 11.8 Å². The Labute approximate surface area is 121 Å².